The Hall–Kier alpha value is -3.39. The first kappa shape index (κ1) is 16.1. The second kappa shape index (κ2) is 6.16. The zero-order valence-electron chi connectivity index (χ0n) is 13.6. The molecule has 7 nitrogen and oxygen atoms in total. The highest BCUT2D eigenvalue weighted by atomic mass is 32.1. The predicted octanol–water partition coefficient (Wildman–Crippen LogP) is 2.58. The molecule has 2 aromatic heterocycles. The second-order valence-corrected chi connectivity index (χ2v) is 6.72. The van der Waals surface area contributed by atoms with Gasteiger partial charge in [-0.05, 0) is 36.3 Å². The van der Waals surface area contributed by atoms with Crippen LogP contribution in [0.5, 0.6) is 0 Å². The number of benzene rings is 2. The third-order valence-electron chi connectivity index (χ3n) is 3.97. The zero-order valence-corrected chi connectivity index (χ0v) is 14.4. The number of hydrogen-bond acceptors (Lipinski definition) is 6. The number of rotatable bonds is 3. The lowest BCUT2D eigenvalue weighted by molar-refractivity contribution is -0.384. The molecule has 26 heavy (non-hydrogen) atoms. The molecule has 0 N–H and O–H groups in total. The zero-order chi connectivity index (χ0) is 18.3. The van der Waals surface area contributed by atoms with Gasteiger partial charge in [0.15, 0.2) is 5.82 Å². The Morgan fingerprint density at radius 1 is 1.15 bits per heavy atom. The first-order chi connectivity index (χ1) is 12.5. The normalized spacial score (nSPS) is 12.0. The molecule has 0 aliphatic rings. The van der Waals surface area contributed by atoms with Gasteiger partial charge in [0.1, 0.15) is 0 Å². The highest BCUT2D eigenvalue weighted by Crippen LogP contribution is 2.20. The smallest absolute Gasteiger partial charge is 0.266 e. The minimum atomic E-state index is -0.459. The van der Waals surface area contributed by atoms with Gasteiger partial charge in [-0.3, -0.25) is 14.9 Å². The van der Waals surface area contributed by atoms with Crippen LogP contribution in [0.1, 0.15) is 11.1 Å². The summed E-state index contributed by atoms with van der Waals surface area (Å²) < 4.78 is 1.77. The largest absolute Gasteiger partial charge is 0.291 e. The number of nitrogens with zero attached hydrogens (tertiary/aromatic N) is 4. The Morgan fingerprint density at radius 3 is 2.54 bits per heavy atom. The number of aryl methyl sites for hydroxylation is 1. The highest BCUT2D eigenvalue weighted by molar-refractivity contribution is 7.15. The number of thiazole rings is 1. The van der Waals surface area contributed by atoms with Crippen LogP contribution in [0.3, 0.4) is 0 Å². The van der Waals surface area contributed by atoms with Crippen molar-refractivity contribution in [1.82, 2.24) is 14.6 Å². The Balaban J connectivity index is 1.77. The van der Waals surface area contributed by atoms with Gasteiger partial charge < -0.3 is 0 Å². The number of non-ortho nitro benzene ring substituents is 1. The van der Waals surface area contributed by atoms with E-state index in [9.17, 15) is 14.9 Å². The van der Waals surface area contributed by atoms with Crippen LogP contribution in [-0.4, -0.2) is 19.5 Å². The fourth-order valence-corrected chi connectivity index (χ4v) is 3.52. The molecule has 0 saturated heterocycles. The van der Waals surface area contributed by atoms with Crippen LogP contribution in [-0.2, 0) is 0 Å². The molecule has 128 valence electrons. The first-order valence-electron chi connectivity index (χ1n) is 7.75. The Kier molecular flexibility index (Phi) is 3.81. The summed E-state index contributed by atoms with van der Waals surface area (Å²) in [7, 11) is 0. The molecule has 2 heterocycles. The van der Waals surface area contributed by atoms with Crippen molar-refractivity contribution in [3.05, 3.63) is 84.7 Å². The molecular formula is C18H12N4O3S. The van der Waals surface area contributed by atoms with E-state index in [2.05, 4.69) is 10.1 Å². The van der Waals surface area contributed by atoms with Crippen LogP contribution in [0, 0.1) is 17.0 Å². The van der Waals surface area contributed by atoms with Gasteiger partial charge in [0.25, 0.3) is 11.2 Å². The van der Waals surface area contributed by atoms with Crippen molar-refractivity contribution in [3.8, 4) is 11.4 Å². The molecule has 0 spiro atoms. The van der Waals surface area contributed by atoms with E-state index in [1.54, 1.807) is 18.2 Å². The van der Waals surface area contributed by atoms with Crippen LogP contribution in [0.15, 0.2) is 53.3 Å². The topological polar surface area (TPSA) is 90.4 Å². The number of nitro benzene ring substituents is 1. The molecule has 0 fully saturated rings. The van der Waals surface area contributed by atoms with E-state index < -0.39 is 4.92 Å². The molecule has 2 aromatic carbocycles. The van der Waals surface area contributed by atoms with Gasteiger partial charge in [-0.15, -0.1) is 5.10 Å². The van der Waals surface area contributed by atoms with E-state index in [0.717, 1.165) is 11.1 Å². The van der Waals surface area contributed by atoms with Crippen molar-refractivity contribution in [2.75, 3.05) is 0 Å². The van der Waals surface area contributed by atoms with Gasteiger partial charge in [0, 0.05) is 17.7 Å². The third-order valence-corrected chi connectivity index (χ3v) is 4.93. The van der Waals surface area contributed by atoms with E-state index in [0.29, 0.717) is 20.9 Å². The summed E-state index contributed by atoms with van der Waals surface area (Å²) in [6.07, 6.45) is 1.68. The molecule has 0 atom stereocenters. The van der Waals surface area contributed by atoms with E-state index in [4.69, 9.17) is 0 Å². The summed E-state index contributed by atoms with van der Waals surface area (Å²) in [5.41, 5.74) is 2.39. The van der Waals surface area contributed by atoms with Crippen LogP contribution in [0.25, 0.3) is 22.4 Å². The second-order valence-electron chi connectivity index (χ2n) is 5.71. The fourth-order valence-electron chi connectivity index (χ4n) is 2.62. The van der Waals surface area contributed by atoms with Crippen molar-refractivity contribution >= 4 is 28.1 Å². The maximum Gasteiger partial charge on any atom is 0.291 e. The van der Waals surface area contributed by atoms with Gasteiger partial charge in [0.05, 0.1) is 9.46 Å². The molecule has 0 amide bonds. The van der Waals surface area contributed by atoms with Crippen molar-refractivity contribution in [2.45, 2.75) is 6.92 Å². The first-order valence-corrected chi connectivity index (χ1v) is 8.56. The van der Waals surface area contributed by atoms with Crippen molar-refractivity contribution in [3.63, 3.8) is 0 Å². The van der Waals surface area contributed by atoms with Gasteiger partial charge in [0.2, 0.25) is 4.96 Å². The lowest BCUT2D eigenvalue weighted by atomic mass is 10.1. The third kappa shape index (κ3) is 2.76. The van der Waals surface area contributed by atoms with Crippen molar-refractivity contribution < 1.29 is 4.92 Å². The lowest BCUT2D eigenvalue weighted by Crippen LogP contribution is -2.23. The summed E-state index contributed by atoms with van der Waals surface area (Å²) in [4.78, 5) is 27.8. The highest BCUT2D eigenvalue weighted by Gasteiger charge is 2.13. The predicted molar refractivity (Wildman–Crippen MR) is 99.2 cm³/mol. The minimum Gasteiger partial charge on any atom is -0.266 e. The summed E-state index contributed by atoms with van der Waals surface area (Å²) in [5, 5.41) is 15.0. The van der Waals surface area contributed by atoms with Crippen LogP contribution >= 0.6 is 11.3 Å². The van der Waals surface area contributed by atoms with Crippen molar-refractivity contribution in [1.29, 1.82) is 0 Å². The molecule has 0 radical (unpaired) electrons. The fraction of sp³-hybridized carbons (Fsp3) is 0.0556. The Bertz CT molecular complexity index is 1240. The van der Waals surface area contributed by atoms with Gasteiger partial charge in [-0.2, -0.15) is 9.50 Å². The summed E-state index contributed by atoms with van der Waals surface area (Å²) >= 11 is 1.24. The standard InChI is InChI=1S/C18H12N4O3S/c1-11-4-2-3-5-14(11)16-19-18-21(20-16)17(23)15(26-18)10-12-6-8-13(9-7-12)22(24)25/h2-10H,1H3/b15-10-. The number of fused-ring (bicyclic) bond motifs is 1. The minimum absolute atomic E-state index is 0.00928. The molecular weight excluding hydrogens is 352 g/mol. The molecule has 4 rings (SSSR count). The average molecular weight is 364 g/mol. The van der Waals surface area contributed by atoms with Crippen LogP contribution < -0.4 is 10.1 Å². The monoisotopic (exact) mass is 364 g/mol. The Morgan fingerprint density at radius 2 is 1.88 bits per heavy atom. The van der Waals surface area contributed by atoms with E-state index in [1.807, 2.05) is 31.2 Å². The summed E-state index contributed by atoms with van der Waals surface area (Å²) in [6.45, 7) is 1.97. The molecule has 0 bridgehead atoms. The maximum absolute atomic E-state index is 12.6. The number of nitro groups is 1. The van der Waals surface area contributed by atoms with Gasteiger partial charge in [-0.1, -0.05) is 35.6 Å². The number of aromatic nitrogens is 3. The van der Waals surface area contributed by atoms with Gasteiger partial charge in [-0.25, -0.2) is 0 Å². The number of hydrogen-bond donors (Lipinski definition) is 0. The van der Waals surface area contributed by atoms with Crippen molar-refractivity contribution in [2.24, 2.45) is 0 Å². The Labute approximate surface area is 151 Å². The molecule has 0 unspecified atom stereocenters. The van der Waals surface area contributed by atoms with Gasteiger partial charge >= 0.3 is 0 Å². The molecule has 0 saturated carbocycles. The summed E-state index contributed by atoms with van der Waals surface area (Å²) in [5.74, 6) is 0.522. The van der Waals surface area contributed by atoms with E-state index >= 15 is 0 Å². The molecule has 8 heteroatoms. The molecule has 0 aliphatic carbocycles. The molecule has 4 aromatic rings. The molecule has 0 aliphatic heterocycles. The lowest BCUT2D eigenvalue weighted by Gasteiger charge is -1.98. The van der Waals surface area contributed by atoms with Crippen LogP contribution in [0.2, 0.25) is 0 Å². The van der Waals surface area contributed by atoms with E-state index in [1.165, 1.54) is 28.0 Å². The van der Waals surface area contributed by atoms with Crippen LogP contribution in [0.4, 0.5) is 5.69 Å². The average Bonchev–Trinajstić information content (AvgIpc) is 3.16. The van der Waals surface area contributed by atoms with E-state index in [-0.39, 0.29) is 11.2 Å². The quantitative estimate of drug-likeness (QED) is 0.412. The maximum atomic E-state index is 12.6. The summed E-state index contributed by atoms with van der Waals surface area (Å²) in [6, 6.07) is 13.8. The SMILES string of the molecule is Cc1ccccc1-c1nc2s/c(=C\c3ccc([N+](=O)[O-])cc3)c(=O)n2n1.